The van der Waals surface area contributed by atoms with Gasteiger partial charge in [-0.05, 0) is 37.6 Å². The second-order valence-electron chi connectivity index (χ2n) is 5.96. The van der Waals surface area contributed by atoms with E-state index in [4.69, 9.17) is 15.2 Å². The van der Waals surface area contributed by atoms with Crippen LogP contribution in [0.3, 0.4) is 0 Å². The number of nitrogens with two attached hydrogens (primary N) is 1. The molecule has 2 saturated heterocycles. The summed E-state index contributed by atoms with van der Waals surface area (Å²) in [5, 5.41) is 0. The van der Waals surface area contributed by atoms with Crippen LogP contribution in [-0.4, -0.2) is 38.0 Å². The van der Waals surface area contributed by atoms with Crippen LogP contribution >= 0.6 is 0 Å². The molecule has 2 heterocycles. The molecule has 0 spiro atoms. The van der Waals surface area contributed by atoms with Gasteiger partial charge in [0.2, 0.25) is 0 Å². The Hall–Kier alpha value is -1.75. The van der Waals surface area contributed by atoms with Crippen LogP contribution in [0.2, 0.25) is 0 Å². The van der Waals surface area contributed by atoms with Gasteiger partial charge in [-0.1, -0.05) is 0 Å². The molecule has 2 bridgehead atoms. The van der Waals surface area contributed by atoms with E-state index in [2.05, 4.69) is 11.9 Å². The standard InChI is InChI=1S/C16H22N2O3/c1-18-10-4-5-11(13(19)8-10)15(18)9-6-12(17)16(21-3)14(7-9)20-2/h6-7,10-11,15H,4-5,8,17H2,1-3H3. The summed E-state index contributed by atoms with van der Waals surface area (Å²) in [5.41, 5.74) is 7.67. The van der Waals surface area contributed by atoms with Gasteiger partial charge in [-0.15, -0.1) is 0 Å². The minimum absolute atomic E-state index is 0.0671. The smallest absolute Gasteiger partial charge is 0.183 e. The van der Waals surface area contributed by atoms with Crippen LogP contribution in [0.25, 0.3) is 0 Å². The Morgan fingerprint density at radius 2 is 2.00 bits per heavy atom. The van der Waals surface area contributed by atoms with Crippen LogP contribution in [0.4, 0.5) is 5.69 Å². The van der Waals surface area contributed by atoms with Gasteiger partial charge < -0.3 is 15.2 Å². The van der Waals surface area contributed by atoms with Crippen molar-refractivity contribution in [2.75, 3.05) is 27.0 Å². The number of nitrogen functional groups attached to an aromatic ring is 1. The molecule has 2 N–H and O–H groups in total. The number of rotatable bonds is 3. The summed E-state index contributed by atoms with van der Waals surface area (Å²) in [6.07, 6.45) is 2.75. The highest BCUT2D eigenvalue weighted by Crippen LogP contribution is 2.47. The fourth-order valence-electron chi connectivity index (χ4n) is 3.87. The summed E-state index contributed by atoms with van der Waals surface area (Å²) >= 11 is 0. The van der Waals surface area contributed by atoms with E-state index in [1.807, 2.05) is 12.1 Å². The van der Waals surface area contributed by atoms with Crippen molar-refractivity contribution >= 4 is 11.5 Å². The van der Waals surface area contributed by atoms with E-state index in [9.17, 15) is 4.79 Å². The number of hydrogen-bond acceptors (Lipinski definition) is 5. The first-order valence-electron chi connectivity index (χ1n) is 7.32. The van der Waals surface area contributed by atoms with Crippen molar-refractivity contribution < 1.29 is 14.3 Å². The van der Waals surface area contributed by atoms with E-state index < -0.39 is 0 Å². The largest absolute Gasteiger partial charge is 0.493 e. The lowest BCUT2D eigenvalue weighted by Gasteiger charge is -2.49. The number of nitrogens with zero attached hydrogens (tertiary/aromatic N) is 1. The van der Waals surface area contributed by atoms with Crippen molar-refractivity contribution in [2.24, 2.45) is 5.92 Å². The van der Waals surface area contributed by atoms with Gasteiger partial charge in [0.25, 0.3) is 0 Å². The van der Waals surface area contributed by atoms with Crippen LogP contribution in [0.15, 0.2) is 12.1 Å². The molecule has 1 saturated carbocycles. The second-order valence-corrected chi connectivity index (χ2v) is 5.96. The SMILES string of the molecule is COc1cc(C2C3CCC(CC3=O)N2C)cc(N)c1OC. The van der Waals surface area contributed by atoms with Gasteiger partial charge in [0.15, 0.2) is 11.5 Å². The van der Waals surface area contributed by atoms with Gasteiger partial charge in [0.05, 0.1) is 19.9 Å². The lowest BCUT2D eigenvalue weighted by molar-refractivity contribution is -0.136. The highest BCUT2D eigenvalue weighted by molar-refractivity contribution is 5.84. The Morgan fingerprint density at radius 1 is 1.24 bits per heavy atom. The lowest BCUT2D eigenvalue weighted by atomic mass is 9.72. The number of carbonyl (C=O) groups excluding carboxylic acids is 1. The number of piperidine rings is 2. The third-order valence-corrected chi connectivity index (χ3v) is 4.93. The zero-order chi connectivity index (χ0) is 15.1. The van der Waals surface area contributed by atoms with E-state index in [1.165, 1.54) is 0 Å². The number of carbonyl (C=O) groups is 1. The van der Waals surface area contributed by atoms with Crippen molar-refractivity contribution in [3.05, 3.63) is 17.7 Å². The molecule has 2 aliphatic heterocycles. The van der Waals surface area contributed by atoms with E-state index in [-0.39, 0.29) is 12.0 Å². The van der Waals surface area contributed by atoms with Crippen LogP contribution in [0, 0.1) is 5.92 Å². The van der Waals surface area contributed by atoms with Gasteiger partial charge in [0, 0.05) is 24.4 Å². The summed E-state index contributed by atoms with van der Waals surface area (Å²) in [7, 11) is 5.27. The summed E-state index contributed by atoms with van der Waals surface area (Å²) < 4.78 is 10.7. The molecule has 1 aromatic carbocycles. The molecule has 3 aliphatic rings. The molecule has 0 amide bonds. The average Bonchev–Trinajstić information content (AvgIpc) is 2.47. The Labute approximate surface area is 125 Å². The predicted octanol–water partition coefficient (Wildman–Crippen LogP) is 2.01. The van der Waals surface area contributed by atoms with E-state index in [0.717, 1.165) is 18.4 Å². The summed E-state index contributed by atoms with van der Waals surface area (Å²) in [6.45, 7) is 0. The fraction of sp³-hybridized carbons (Fsp3) is 0.562. The predicted molar refractivity (Wildman–Crippen MR) is 80.6 cm³/mol. The maximum Gasteiger partial charge on any atom is 0.183 e. The highest BCUT2D eigenvalue weighted by atomic mass is 16.5. The van der Waals surface area contributed by atoms with Gasteiger partial charge in [0.1, 0.15) is 5.78 Å². The number of benzene rings is 1. The summed E-state index contributed by atoms with van der Waals surface area (Å²) in [4.78, 5) is 14.5. The maximum absolute atomic E-state index is 12.2. The van der Waals surface area contributed by atoms with E-state index >= 15 is 0 Å². The van der Waals surface area contributed by atoms with Gasteiger partial charge in [-0.25, -0.2) is 0 Å². The number of fused-ring (bicyclic) bond motifs is 3. The number of methoxy groups -OCH3 is 2. The molecule has 0 aromatic heterocycles. The fourth-order valence-corrected chi connectivity index (χ4v) is 3.87. The van der Waals surface area contributed by atoms with Crippen molar-refractivity contribution in [3.63, 3.8) is 0 Å². The number of ketones is 1. The van der Waals surface area contributed by atoms with Crippen molar-refractivity contribution in [3.8, 4) is 11.5 Å². The second kappa shape index (κ2) is 5.22. The topological polar surface area (TPSA) is 64.8 Å². The van der Waals surface area contributed by atoms with Gasteiger partial charge >= 0.3 is 0 Å². The zero-order valence-electron chi connectivity index (χ0n) is 12.8. The number of anilines is 1. The quantitative estimate of drug-likeness (QED) is 0.863. The maximum atomic E-state index is 12.2. The van der Waals surface area contributed by atoms with Gasteiger partial charge in [-0.2, -0.15) is 0 Å². The summed E-state index contributed by atoms with van der Waals surface area (Å²) in [6, 6.07) is 4.30. The first kappa shape index (κ1) is 14.2. The van der Waals surface area contributed by atoms with Crippen molar-refractivity contribution in [2.45, 2.75) is 31.3 Å². The molecular formula is C16H22N2O3. The molecule has 4 rings (SSSR count). The molecule has 114 valence electrons. The molecule has 21 heavy (non-hydrogen) atoms. The van der Waals surface area contributed by atoms with Crippen molar-refractivity contribution in [1.82, 2.24) is 4.90 Å². The van der Waals surface area contributed by atoms with Crippen LogP contribution in [0.5, 0.6) is 11.5 Å². The third kappa shape index (κ3) is 2.16. The van der Waals surface area contributed by atoms with Crippen molar-refractivity contribution in [1.29, 1.82) is 0 Å². The van der Waals surface area contributed by atoms with Crippen LogP contribution < -0.4 is 15.2 Å². The molecular weight excluding hydrogens is 268 g/mol. The molecule has 1 aromatic rings. The average molecular weight is 290 g/mol. The highest BCUT2D eigenvalue weighted by Gasteiger charge is 2.45. The van der Waals surface area contributed by atoms with Gasteiger partial charge in [-0.3, -0.25) is 9.69 Å². The first-order chi connectivity index (χ1) is 10.1. The Bertz CT molecular complexity index is 573. The lowest BCUT2D eigenvalue weighted by Crippen LogP contribution is -2.52. The number of ether oxygens (including phenoxy) is 2. The molecule has 3 atom stereocenters. The molecule has 3 unspecified atom stereocenters. The minimum Gasteiger partial charge on any atom is -0.493 e. The molecule has 5 nitrogen and oxygen atoms in total. The Kier molecular flexibility index (Phi) is 3.53. The molecule has 0 radical (unpaired) electrons. The van der Waals surface area contributed by atoms with Crippen LogP contribution in [-0.2, 0) is 4.79 Å². The van der Waals surface area contributed by atoms with Crippen LogP contribution in [0.1, 0.15) is 30.9 Å². The first-order valence-corrected chi connectivity index (χ1v) is 7.32. The number of Topliss-reactive ketones (excluding diaryl/α,β-unsaturated/α-hetero) is 1. The zero-order valence-corrected chi connectivity index (χ0v) is 12.8. The van der Waals surface area contributed by atoms with E-state index in [0.29, 0.717) is 35.4 Å². The minimum atomic E-state index is 0.0671. The monoisotopic (exact) mass is 290 g/mol. The molecule has 3 fully saturated rings. The molecule has 5 heteroatoms. The van der Waals surface area contributed by atoms with E-state index in [1.54, 1.807) is 14.2 Å². The normalized spacial score (nSPS) is 28.7. The third-order valence-electron chi connectivity index (χ3n) is 4.93. The summed E-state index contributed by atoms with van der Waals surface area (Å²) in [5.74, 6) is 1.62. The Balaban J connectivity index is 2.04. The molecule has 1 aliphatic carbocycles. The Morgan fingerprint density at radius 3 is 2.62 bits per heavy atom. The number of hydrogen-bond donors (Lipinski definition) is 1.